The molecule has 0 bridgehead atoms. The zero-order valence-corrected chi connectivity index (χ0v) is 19.4. The van der Waals surface area contributed by atoms with Gasteiger partial charge in [-0.2, -0.15) is 0 Å². The maximum absolute atomic E-state index is 12.3. The fourth-order valence-electron chi connectivity index (χ4n) is 2.66. The average Bonchev–Trinajstić information content (AvgIpc) is 3.49. The minimum Gasteiger partial charge on any atom is -0.360 e. The third-order valence-electron chi connectivity index (χ3n) is 4.02. The van der Waals surface area contributed by atoms with Crippen molar-refractivity contribution in [1.82, 2.24) is 15.2 Å². The van der Waals surface area contributed by atoms with Gasteiger partial charge in [0.05, 0.1) is 16.5 Å². The van der Waals surface area contributed by atoms with Crippen LogP contribution in [-0.4, -0.2) is 33.4 Å². The highest BCUT2D eigenvalue weighted by molar-refractivity contribution is 8.01. The fraction of sp³-hybridized carbons (Fsp3) is 0.200. The number of thiophene rings is 1. The van der Waals surface area contributed by atoms with E-state index in [1.165, 1.54) is 28.0 Å². The van der Waals surface area contributed by atoms with Gasteiger partial charge in [0.15, 0.2) is 4.34 Å². The molecule has 154 valence electrons. The van der Waals surface area contributed by atoms with Gasteiger partial charge in [-0.15, -0.1) is 32.9 Å². The minimum atomic E-state index is -0.0750. The second kappa shape index (κ2) is 10.2. The maximum Gasteiger partial charge on any atom is 0.234 e. The molecular formula is C20H19N5OS4. The molecule has 0 aliphatic carbocycles. The summed E-state index contributed by atoms with van der Waals surface area (Å²) in [6, 6.07) is 11.9. The van der Waals surface area contributed by atoms with Crippen molar-refractivity contribution in [3.8, 4) is 11.3 Å². The number of amides is 1. The van der Waals surface area contributed by atoms with Crippen LogP contribution < -0.4 is 10.6 Å². The molecule has 0 aliphatic heterocycles. The standard InChI is InChI=1S/C20H19N5OS4/c1-13-22-17(11-28-13)14-4-2-5-15(10-14)23-18(26)12-29-20-25-24-19(30-20)21-8-7-16-6-3-9-27-16/h2-6,9-11H,7-8,12H2,1H3,(H,21,24)(H,23,26). The smallest absolute Gasteiger partial charge is 0.234 e. The molecule has 10 heteroatoms. The lowest BCUT2D eigenvalue weighted by atomic mass is 10.1. The second-order valence-corrected chi connectivity index (χ2v) is 10.6. The average molecular weight is 474 g/mol. The Kier molecular flexibility index (Phi) is 7.11. The number of hydrogen-bond acceptors (Lipinski definition) is 9. The van der Waals surface area contributed by atoms with E-state index in [1.807, 2.05) is 36.6 Å². The Labute approximate surface area is 190 Å². The summed E-state index contributed by atoms with van der Waals surface area (Å²) < 4.78 is 0.774. The molecule has 0 spiro atoms. The van der Waals surface area contributed by atoms with Gasteiger partial charge in [0.1, 0.15) is 0 Å². The first-order valence-corrected chi connectivity index (χ1v) is 12.8. The number of carbonyl (C=O) groups is 1. The van der Waals surface area contributed by atoms with Crippen LogP contribution in [0.5, 0.6) is 0 Å². The normalized spacial score (nSPS) is 10.8. The van der Waals surface area contributed by atoms with Crippen LogP contribution in [0.3, 0.4) is 0 Å². The van der Waals surface area contributed by atoms with Crippen molar-refractivity contribution in [1.29, 1.82) is 0 Å². The zero-order valence-electron chi connectivity index (χ0n) is 16.1. The van der Waals surface area contributed by atoms with Crippen molar-refractivity contribution in [3.05, 3.63) is 57.0 Å². The number of aromatic nitrogens is 3. The van der Waals surface area contributed by atoms with Gasteiger partial charge in [-0.3, -0.25) is 4.79 Å². The third kappa shape index (κ3) is 5.88. The Morgan fingerprint density at radius 2 is 2.10 bits per heavy atom. The summed E-state index contributed by atoms with van der Waals surface area (Å²) in [5.74, 6) is 0.207. The summed E-state index contributed by atoms with van der Waals surface area (Å²) in [4.78, 5) is 18.2. The van der Waals surface area contributed by atoms with Gasteiger partial charge in [0.25, 0.3) is 0 Å². The molecule has 1 aromatic carbocycles. The molecular weight excluding hydrogens is 455 g/mol. The topological polar surface area (TPSA) is 79.8 Å². The Morgan fingerprint density at radius 1 is 1.17 bits per heavy atom. The summed E-state index contributed by atoms with van der Waals surface area (Å²) in [5.41, 5.74) is 2.68. The third-order valence-corrected chi connectivity index (χ3v) is 7.75. The van der Waals surface area contributed by atoms with Crippen LogP contribution in [-0.2, 0) is 11.2 Å². The second-order valence-electron chi connectivity index (χ2n) is 6.30. The number of aryl methyl sites for hydroxylation is 1. The highest BCUT2D eigenvalue weighted by Crippen LogP contribution is 2.27. The number of rotatable bonds is 9. The van der Waals surface area contributed by atoms with E-state index in [9.17, 15) is 4.79 Å². The van der Waals surface area contributed by atoms with E-state index in [1.54, 1.807) is 22.7 Å². The van der Waals surface area contributed by atoms with E-state index < -0.39 is 0 Å². The summed E-state index contributed by atoms with van der Waals surface area (Å²) in [5, 5.41) is 20.4. The molecule has 30 heavy (non-hydrogen) atoms. The molecule has 3 aromatic heterocycles. The molecule has 0 unspecified atom stereocenters. The number of anilines is 2. The maximum atomic E-state index is 12.3. The van der Waals surface area contributed by atoms with Crippen LogP contribution in [0.2, 0.25) is 0 Å². The molecule has 0 aliphatic rings. The van der Waals surface area contributed by atoms with Gasteiger partial charge in [-0.1, -0.05) is 41.3 Å². The number of nitrogens with one attached hydrogen (secondary N) is 2. The molecule has 2 N–H and O–H groups in total. The van der Waals surface area contributed by atoms with Crippen LogP contribution >= 0.6 is 45.8 Å². The lowest BCUT2D eigenvalue weighted by Gasteiger charge is -2.06. The fourth-order valence-corrected chi connectivity index (χ4v) is 5.57. The Bertz CT molecular complexity index is 1110. The first-order valence-electron chi connectivity index (χ1n) is 9.21. The summed E-state index contributed by atoms with van der Waals surface area (Å²) in [6.45, 7) is 2.80. The largest absolute Gasteiger partial charge is 0.360 e. The summed E-state index contributed by atoms with van der Waals surface area (Å²) >= 11 is 6.22. The lowest BCUT2D eigenvalue weighted by molar-refractivity contribution is -0.113. The van der Waals surface area contributed by atoms with Crippen LogP contribution in [0.15, 0.2) is 51.5 Å². The van der Waals surface area contributed by atoms with Crippen molar-refractivity contribution in [2.75, 3.05) is 22.9 Å². The predicted octanol–water partition coefficient (Wildman–Crippen LogP) is 5.42. The van der Waals surface area contributed by atoms with E-state index >= 15 is 0 Å². The summed E-state index contributed by atoms with van der Waals surface area (Å²) in [7, 11) is 0. The SMILES string of the molecule is Cc1nc(-c2cccc(NC(=O)CSc3nnc(NCCc4cccs4)s3)c2)cs1. The number of benzene rings is 1. The quantitative estimate of drug-likeness (QED) is 0.316. The summed E-state index contributed by atoms with van der Waals surface area (Å²) in [6.07, 6.45) is 0.960. The number of thiazole rings is 1. The van der Waals surface area contributed by atoms with Crippen LogP contribution in [0.25, 0.3) is 11.3 Å². The molecule has 1 amide bonds. The Morgan fingerprint density at radius 3 is 2.90 bits per heavy atom. The monoisotopic (exact) mass is 473 g/mol. The van der Waals surface area contributed by atoms with Crippen LogP contribution in [0, 0.1) is 6.92 Å². The van der Waals surface area contributed by atoms with E-state index in [0.29, 0.717) is 0 Å². The first kappa shape index (κ1) is 21.0. The van der Waals surface area contributed by atoms with Crippen molar-refractivity contribution < 1.29 is 4.79 Å². The first-order chi connectivity index (χ1) is 14.7. The molecule has 0 atom stereocenters. The van der Waals surface area contributed by atoms with E-state index in [4.69, 9.17) is 0 Å². The van der Waals surface area contributed by atoms with Crippen molar-refractivity contribution in [3.63, 3.8) is 0 Å². The van der Waals surface area contributed by atoms with Gasteiger partial charge in [0, 0.05) is 28.1 Å². The molecule has 0 radical (unpaired) electrons. The molecule has 3 heterocycles. The highest BCUT2D eigenvalue weighted by atomic mass is 32.2. The van der Waals surface area contributed by atoms with Gasteiger partial charge in [-0.05, 0) is 36.9 Å². The molecule has 0 saturated carbocycles. The Hall–Kier alpha value is -2.27. The van der Waals surface area contributed by atoms with E-state index in [2.05, 4.69) is 43.3 Å². The molecule has 4 aromatic rings. The molecule has 0 saturated heterocycles. The van der Waals surface area contributed by atoms with E-state index in [0.717, 1.165) is 44.4 Å². The molecule has 6 nitrogen and oxygen atoms in total. The predicted molar refractivity (Wildman–Crippen MR) is 128 cm³/mol. The number of nitrogens with zero attached hydrogens (tertiary/aromatic N) is 3. The highest BCUT2D eigenvalue weighted by Gasteiger charge is 2.10. The Balaban J connectivity index is 1.24. The minimum absolute atomic E-state index is 0.0750. The van der Waals surface area contributed by atoms with Gasteiger partial charge < -0.3 is 10.6 Å². The van der Waals surface area contributed by atoms with Gasteiger partial charge in [0.2, 0.25) is 11.0 Å². The number of carbonyl (C=O) groups excluding carboxylic acids is 1. The van der Waals surface area contributed by atoms with Crippen molar-refractivity contribution in [2.45, 2.75) is 17.7 Å². The number of thioether (sulfide) groups is 1. The van der Waals surface area contributed by atoms with Crippen molar-refractivity contribution >= 4 is 62.5 Å². The van der Waals surface area contributed by atoms with Crippen LogP contribution in [0.4, 0.5) is 10.8 Å². The van der Waals surface area contributed by atoms with Crippen LogP contribution in [0.1, 0.15) is 9.88 Å². The number of hydrogen-bond donors (Lipinski definition) is 2. The van der Waals surface area contributed by atoms with Crippen molar-refractivity contribution in [2.24, 2.45) is 0 Å². The lowest BCUT2D eigenvalue weighted by Crippen LogP contribution is -2.13. The van der Waals surface area contributed by atoms with Gasteiger partial charge >= 0.3 is 0 Å². The van der Waals surface area contributed by atoms with Gasteiger partial charge in [-0.25, -0.2) is 4.98 Å². The zero-order chi connectivity index (χ0) is 20.8. The molecule has 4 rings (SSSR count). The van der Waals surface area contributed by atoms with E-state index in [-0.39, 0.29) is 11.7 Å². The molecule has 0 fully saturated rings.